The number of rotatable bonds is 3. The molecule has 1 aromatic heterocycles. The van der Waals surface area contributed by atoms with Crippen LogP contribution in [0.2, 0.25) is 0 Å². The first-order valence-electron chi connectivity index (χ1n) is 6.63. The van der Waals surface area contributed by atoms with E-state index < -0.39 is 0 Å². The second kappa shape index (κ2) is 4.61. The highest BCUT2D eigenvalue weighted by Gasteiger charge is 2.21. The third kappa shape index (κ3) is 1.87. The van der Waals surface area contributed by atoms with Crippen LogP contribution in [0, 0.1) is 0 Å². The molecule has 19 heavy (non-hydrogen) atoms. The van der Waals surface area contributed by atoms with Gasteiger partial charge in [-0.1, -0.05) is 0 Å². The largest absolute Gasteiger partial charge is 0.496 e. The van der Waals surface area contributed by atoms with Crippen LogP contribution in [-0.2, 0) is 17.6 Å². The number of aromatic nitrogens is 1. The molecule has 1 aromatic carbocycles. The van der Waals surface area contributed by atoms with E-state index >= 15 is 0 Å². The number of H-pyrrole nitrogens is 1. The van der Waals surface area contributed by atoms with E-state index in [0.29, 0.717) is 12.3 Å². The minimum Gasteiger partial charge on any atom is -0.496 e. The van der Waals surface area contributed by atoms with E-state index in [1.807, 2.05) is 6.07 Å². The zero-order valence-electron chi connectivity index (χ0n) is 11.2. The zero-order chi connectivity index (χ0) is 13.4. The van der Waals surface area contributed by atoms with Crippen molar-refractivity contribution in [3.8, 4) is 5.75 Å². The van der Waals surface area contributed by atoms with Crippen molar-refractivity contribution in [1.82, 2.24) is 4.98 Å². The van der Waals surface area contributed by atoms with Gasteiger partial charge in [0.25, 0.3) is 0 Å². The second-order valence-electron chi connectivity index (χ2n) is 4.76. The predicted molar refractivity (Wildman–Crippen MR) is 72.8 cm³/mol. The van der Waals surface area contributed by atoms with Crippen LogP contribution in [0.3, 0.4) is 0 Å². The van der Waals surface area contributed by atoms with Crippen molar-refractivity contribution in [3.05, 3.63) is 29.0 Å². The molecular formula is C15H17NO3. The van der Waals surface area contributed by atoms with Crippen molar-refractivity contribution in [3.63, 3.8) is 0 Å². The summed E-state index contributed by atoms with van der Waals surface area (Å²) >= 11 is 0. The van der Waals surface area contributed by atoms with Crippen LogP contribution < -0.4 is 4.74 Å². The first kappa shape index (κ1) is 12.1. The maximum Gasteiger partial charge on any atom is 0.354 e. The number of esters is 1. The predicted octanol–water partition coefficient (Wildman–Crippen LogP) is 2.84. The van der Waals surface area contributed by atoms with E-state index in [1.165, 1.54) is 11.1 Å². The highest BCUT2D eigenvalue weighted by molar-refractivity contribution is 5.99. The maximum atomic E-state index is 11.8. The quantitative estimate of drug-likeness (QED) is 0.862. The Kier molecular flexibility index (Phi) is 2.93. The van der Waals surface area contributed by atoms with Crippen LogP contribution >= 0.6 is 0 Å². The van der Waals surface area contributed by atoms with Gasteiger partial charge >= 0.3 is 5.97 Å². The fourth-order valence-corrected chi connectivity index (χ4v) is 2.82. The summed E-state index contributed by atoms with van der Waals surface area (Å²) in [6.45, 7) is 2.18. The Morgan fingerprint density at radius 3 is 2.95 bits per heavy atom. The number of ether oxygens (including phenoxy) is 2. The van der Waals surface area contributed by atoms with Crippen LogP contribution in [0.15, 0.2) is 12.1 Å². The van der Waals surface area contributed by atoms with Crippen LogP contribution in [0.25, 0.3) is 10.9 Å². The first-order valence-corrected chi connectivity index (χ1v) is 6.63. The second-order valence-corrected chi connectivity index (χ2v) is 4.76. The molecule has 2 aromatic rings. The monoisotopic (exact) mass is 259 g/mol. The summed E-state index contributed by atoms with van der Waals surface area (Å²) in [5.41, 5.74) is 4.15. The van der Waals surface area contributed by atoms with Gasteiger partial charge in [0.2, 0.25) is 0 Å². The lowest BCUT2D eigenvalue weighted by atomic mass is 10.1. The van der Waals surface area contributed by atoms with Gasteiger partial charge in [-0.15, -0.1) is 0 Å². The number of aromatic amines is 1. The van der Waals surface area contributed by atoms with Crippen LogP contribution in [0.5, 0.6) is 5.75 Å². The number of nitrogens with one attached hydrogen (secondary N) is 1. The van der Waals surface area contributed by atoms with Crippen molar-refractivity contribution in [2.45, 2.75) is 26.2 Å². The third-order valence-corrected chi connectivity index (χ3v) is 3.67. The first-order chi connectivity index (χ1) is 9.24. The number of fused-ring (bicyclic) bond motifs is 3. The minimum atomic E-state index is -0.312. The number of benzene rings is 1. The molecule has 1 aliphatic carbocycles. The lowest BCUT2D eigenvalue weighted by Gasteiger charge is -2.06. The molecule has 100 valence electrons. The Morgan fingerprint density at radius 2 is 2.21 bits per heavy atom. The van der Waals surface area contributed by atoms with E-state index in [-0.39, 0.29) is 5.97 Å². The highest BCUT2D eigenvalue weighted by atomic mass is 16.5. The summed E-state index contributed by atoms with van der Waals surface area (Å²) in [6.07, 6.45) is 3.29. The molecule has 4 nitrogen and oxygen atoms in total. The van der Waals surface area contributed by atoms with E-state index in [1.54, 1.807) is 14.0 Å². The van der Waals surface area contributed by atoms with Gasteiger partial charge in [-0.05, 0) is 49.4 Å². The summed E-state index contributed by atoms with van der Waals surface area (Å²) < 4.78 is 10.5. The fourth-order valence-electron chi connectivity index (χ4n) is 2.82. The molecule has 4 heteroatoms. The molecule has 0 aliphatic heterocycles. The lowest BCUT2D eigenvalue weighted by molar-refractivity contribution is 0.0520. The Labute approximate surface area is 111 Å². The molecule has 0 radical (unpaired) electrons. The van der Waals surface area contributed by atoms with Gasteiger partial charge in [0.05, 0.1) is 19.2 Å². The number of carbonyl (C=O) groups is 1. The van der Waals surface area contributed by atoms with Crippen LogP contribution in [0.4, 0.5) is 0 Å². The van der Waals surface area contributed by atoms with Crippen molar-refractivity contribution in [2.75, 3.05) is 13.7 Å². The van der Waals surface area contributed by atoms with E-state index in [2.05, 4.69) is 11.1 Å². The molecule has 0 atom stereocenters. The molecule has 0 saturated heterocycles. The minimum absolute atomic E-state index is 0.312. The van der Waals surface area contributed by atoms with Crippen molar-refractivity contribution >= 4 is 16.9 Å². The third-order valence-electron chi connectivity index (χ3n) is 3.67. The highest BCUT2D eigenvalue weighted by Crippen LogP contribution is 2.36. The maximum absolute atomic E-state index is 11.8. The molecule has 0 bridgehead atoms. The zero-order valence-corrected chi connectivity index (χ0v) is 11.2. The van der Waals surface area contributed by atoms with E-state index in [9.17, 15) is 4.79 Å². The van der Waals surface area contributed by atoms with Gasteiger partial charge in [-0.2, -0.15) is 0 Å². The van der Waals surface area contributed by atoms with E-state index in [4.69, 9.17) is 9.47 Å². The fraction of sp³-hybridized carbons (Fsp3) is 0.400. The smallest absolute Gasteiger partial charge is 0.354 e. The summed E-state index contributed by atoms with van der Waals surface area (Å²) in [7, 11) is 1.66. The molecule has 0 fully saturated rings. The average Bonchev–Trinajstić information content (AvgIpc) is 3.03. The topological polar surface area (TPSA) is 51.3 Å². The molecule has 3 rings (SSSR count). The molecule has 1 heterocycles. The lowest BCUT2D eigenvalue weighted by Crippen LogP contribution is -2.04. The summed E-state index contributed by atoms with van der Waals surface area (Å²) in [6, 6.07) is 3.91. The van der Waals surface area contributed by atoms with Crippen molar-refractivity contribution in [1.29, 1.82) is 0 Å². The Balaban J connectivity index is 2.18. The number of carbonyl (C=O) groups excluding carboxylic acids is 1. The summed E-state index contributed by atoms with van der Waals surface area (Å²) in [5, 5.41) is 0.964. The summed E-state index contributed by atoms with van der Waals surface area (Å²) in [5.74, 6) is 0.509. The SMILES string of the molecule is CCOC(=O)c1cc2c(OC)cc3c(c2[nH]1)CCC3. The Hall–Kier alpha value is -1.97. The van der Waals surface area contributed by atoms with Crippen LogP contribution in [-0.4, -0.2) is 24.7 Å². The van der Waals surface area contributed by atoms with Gasteiger partial charge in [-0.3, -0.25) is 0 Å². The molecule has 0 amide bonds. The van der Waals surface area contributed by atoms with Gasteiger partial charge in [0.15, 0.2) is 0 Å². The molecule has 1 N–H and O–H groups in total. The number of hydrogen-bond acceptors (Lipinski definition) is 3. The molecule has 0 saturated carbocycles. The normalized spacial score (nSPS) is 13.6. The molecule has 0 unspecified atom stereocenters. The van der Waals surface area contributed by atoms with Crippen molar-refractivity contribution in [2.24, 2.45) is 0 Å². The van der Waals surface area contributed by atoms with Gasteiger partial charge in [0.1, 0.15) is 11.4 Å². The van der Waals surface area contributed by atoms with Gasteiger partial charge < -0.3 is 14.5 Å². The van der Waals surface area contributed by atoms with Gasteiger partial charge in [0, 0.05) is 5.39 Å². The number of methoxy groups -OCH3 is 1. The Morgan fingerprint density at radius 1 is 1.37 bits per heavy atom. The molecular weight excluding hydrogens is 242 g/mol. The standard InChI is InChI=1S/C15H17NO3/c1-3-19-15(17)12-8-11-13(18-2)7-9-5-4-6-10(9)14(11)16-12/h7-8,16H,3-6H2,1-2H3. The molecule has 0 spiro atoms. The number of hydrogen-bond donors (Lipinski definition) is 1. The van der Waals surface area contributed by atoms with E-state index in [0.717, 1.165) is 35.9 Å². The summed E-state index contributed by atoms with van der Waals surface area (Å²) in [4.78, 5) is 15.0. The van der Waals surface area contributed by atoms with Crippen molar-refractivity contribution < 1.29 is 14.3 Å². The number of aryl methyl sites for hydroxylation is 2. The Bertz CT molecular complexity index is 642. The molecule has 1 aliphatic rings. The van der Waals surface area contributed by atoms with Crippen LogP contribution in [0.1, 0.15) is 35.0 Å². The average molecular weight is 259 g/mol. The van der Waals surface area contributed by atoms with Gasteiger partial charge in [-0.25, -0.2) is 4.79 Å².